The molecular weight excluding hydrogens is 256 g/mol. The smallest absolute Gasteiger partial charge is 0.341 e. The molecule has 3 atom stereocenters. The Hall–Kier alpha value is -1.39. The molecule has 1 N–H and O–H groups in total. The summed E-state index contributed by atoms with van der Waals surface area (Å²) < 4.78 is 11.6. The molecule has 4 heteroatoms. The second-order valence-electron chi connectivity index (χ2n) is 5.46. The minimum Gasteiger partial charge on any atom is -0.479 e. The van der Waals surface area contributed by atoms with Crippen molar-refractivity contribution >= 4 is 5.97 Å². The molecule has 0 aliphatic carbocycles. The van der Waals surface area contributed by atoms with Crippen molar-refractivity contribution in [2.24, 2.45) is 5.92 Å². The van der Waals surface area contributed by atoms with Crippen LogP contribution in [0.4, 0.5) is 0 Å². The third kappa shape index (κ3) is 2.45. The molecule has 2 rings (SSSR count). The van der Waals surface area contributed by atoms with Gasteiger partial charge in [0.25, 0.3) is 0 Å². The largest absolute Gasteiger partial charge is 0.479 e. The fraction of sp³-hybridized carbons (Fsp3) is 0.562. The zero-order chi connectivity index (χ0) is 14.8. The predicted octanol–water partition coefficient (Wildman–Crippen LogP) is 2.82. The number of aliphatic carboxylic acids is 1. The van der Waals surface area contributed by atoms with Crippen LogP contribution in [0.1, 0.15) is 32.8 Å². The van der Waals surface area contributed by atoms with Crippen LogP contribution in [-0.4, -0.2) is 29.9 Å². The summed E-state index contributed by atoms with van der Waals surface area (Å²) >= 11 is 0. The Morgan fingerprint density at radius 2 is 2.10 bits per heavy atom. The SMILES string of the molecule is CCC1C(OC(C)C)COC1(C(=O)O)c1ccccc1. The van der Waals surface area contributed by atoms with Crippen LogP contribution in [0, 0.1) is 5.92 Å². The Kier molecular flexibility index (Phi) is 4.45. The van der Waals surface area contributed by atoms with Gasteiger partial charge in [-0.3, -0.25) is 0 Å². The first kappa shape index (κ1) is 15.0. The van der Waals surface area contributed by atoms with Crippen LogP contribution in [0.25, 0.3) is 0 Å². The van der Waals surface area contributed by atoms with E-state index in [0.29, 0.717) is 18.6 Å². The van der Waals surface area contributed by atoms with Gasteiger partial charge in [-0.05, 0) is 25.8 Å². The minimum atomic E-state index is -1.30. The zero-order valence-electron chi connectivity index (χ0n) is 12.2. The van der Waals surface area contributed by atoms with Gasteiger partial charge >= 0.3 is 5.97 Å². The second kappa shape index (κ2) is 5.94. The molecule has 0 aromatic heterocycles. The van der Waals surface area contributed by atoms with E-state index in [1.807, 2.05) is 51.1 Å². The Morgan fingerprint density at radius 3 is 2.60 bits per heavy atom. The summed E-state index contributed by atoms with van der Waals surface area (Å²) in [7, 11) is 0. The van der Waals surface area contributed by atoms with Crippen molar-refractivity contribution in [2.45, 2.75) is 45.0 Å². The third-order valence-corrected chi connectivity index (χ3v) is 3.85. The van der Waals surface area contributed by atoms with E-state index in [1.54, 1.807) is 0 Å². The fourth-order valence-electron chi connectivity index (χ4n) is 3.06. The van der Waals surface area contributed by atoms with Gasteiger partial charge < -0.3 is 14.6 Å². The van der Waals surface area contributed by atoms with E-state index in [1.165, 1.54) is 0 Å². The first-order chi connectivity index (χ1) is 9.52. The molecule has 1 heterocycles. The lowest BCUT2D eigenvalue weighted by Crippen LogP contribution is -2.43. The maximum atomic E-state index is 11.9. The monoisotopic (exact) mass is 278 g/mol. The molecule has 0 saturated carbocycles. The van der Waals surface area contributed by atoms with E-state index >= 15 is 0 Å². The minimum absolute atomic E-state index is 0.0537. The first-order valence-electron chi connectivity index (χ1n) is 7.10. The lowest BCUT2D eigenvalue weighted by Gasteiger charge is -2.32. The number of carbonyl (C=O) groups is 1. The van der Waals surface area contributed by atoms with E-state index in [2.05, 4.69) is 0 Å². The molecule has 3 unspecified atom stereocenters. The van der Waals surface area contributed by atoms with Crippen LogP contribution in [0.3, 0.4) is 0 Å². The normalized spacial score (nSPS) is 29.8. The summed E-state index contributed by atoms with van der Waals surface area (Å²) in [5.74, 6) is -1.13. The molecule has 4 nitrogen and oxygen atoms in total. The number of rotatable bonds is 5. The molecule has 1 aliphatic rings. The van der Waals surface area contributed by atoms with E-state index < -0.39 is 11.6 Å². The molecule has 0 radical (unpaired) electrons. The second-order valence-corrected chi connectivity index (χ2v) is 5.46. The molecule has 1 aliphatic heterocycles. The van der Waals surface area contributed by atoms with Gasteiger partial charge in [0.2, 0.25) is 0 Å². The number of hydrogen-bond donors (Lipinski definition) is 1. The summed E-state index contributed by atoms with van der Waals surface area (Å²) in [6.45, 7) is 6.21. The van der Waals surface area contributed by atoms with Gasteiger partial charge in [-0.25, -0.2) is 4.79 Å². The van der Waals surface area contributed by atoms with Gasteiger partial charge in [-0.15, -0.1) is 0 Å². The average Bonchev–Trinajstić information content (AvgIpc) is 2.78. The van der Waals surface area contributed by atoms with Crippen molar-refractivity contribution in [1.29, 1.82) is 0 Å². The topological polar surface area (TPSA) is 55.8 Å². The van der Waals surface area contributed by atoms with Gasteiger partial charge in [0, 0.05) is 5.92 Å². The highest BCUT2D eigenvalue weighted by Crippen LogP contribution is 2.44. The number of carboxylic acid groups (broad SMARTS) is 1. The Labute approximate surface area is 119 Å². The summed E-state index contributed by atoms with van der Waals surface area (Å²) in [4.78, 5) is 11.9. The predicted molar refractivity (Wildman–Crippen MR) is 75.5 cm³/mol. The third-order valence-electron chi connectivity index (χ3n) is 3.85. The highest BCUT2D eigenvalue weighted by atomic mass is 16.6. The number of benzene rings is 1. The van der Waals surface area contributed by atoms with Crippen molar-refractivity contribution in [3.63, 3.8) is 0 Å². The van der Waals surface area contributed by atoms with Gasteiger partial charge in [0.05, 0.1) is 18.8 Å². The Balaban J connectivity index is 2.41. The number of carboxylic acids is 1. The molecule has 110 valence electrons. The van der Waals surface area contributed by atoms with Gasteiger partial charge in [-0.2, -0.15) is 0 Å². The summed E-state index contributed by atoms with van der Waals surface area (Å²) in [5.41, 5.74) is -0.607. The van der Waals surface area contributed by atoms with Gasteiger partial charge in [0.15, 0.2) is 5.60 Å². The van der Waals surface area contributed by atoms with Crippen LogP contribution in [0.2, 0.25) is 0 Å². The maximum absolute atomic E-state index is 11.9. The maximum Gasteiger partial charge on any atom is 0.341 e. The van der Waals surface area contributed by atoms with Crippen LogP contribution in [0.15, 0.2) is 30.3 Å². The Bertz CT molecular complexity index is 457. The standard InChI is InChI=1S/C16H22O4/c1-4-13-14(20-11(2)3)10-19-16(13,15(17)18)12-8-6-5-7-9-12/h5-9,11,13-14H,4,10H2,1-3H3,(H,17,18). The number of hydrogen-bond acceptors (Lipinski definition) is 3. The average molecular weight is 278 g/mol. The van der Waals surface area contributed by atoms with E-state index in [-0.39, 0.29) is 18.1 Å². The Morgan fingerprint density at radius 1 is 1.45 bits per heavy atom. The van der Waals surface area contributed by atoms with Crippen molar-refractivity contribution in [2.75, 3.05) is 6.61 Å². The van der Waals surface area contributed by atoms with Crippen LogP contribution in [0.5, 0.6) is 0 Å². The quantitative estimate of drug-likeness (QED) is 0.899. The van der Waals surface area contributed by atoms with Crippen LogP contribution in [-0.2, 0) is 19.9 Å². The first-order valence-corrected chi connectivity index (χ1v) is 7.10. The van der Waals surface area contributed by atoms with Crippen LogP contribution < -0.4 is 0 Å². The van der Waals surface area contributed by atoms with Gasteiger partial charge in [-0.1, -0.05) is 37.3 Å². The summed E-state index contributed by atoms with van der Waals surface area (Å²) in [5, 5.41) is 9.79. The highest BCUT2D eigenvalue weighted by Gasteiger charge is 2.56. The van der Waals surface area contributed by atoms with Crippen molar-refractivity contribution < 1.29 is 19.4 Å². The molecular formula is C16H22O4. The van der Waals surface area contributed by atoms with Crippen LogP contribution >= 0.6 is 0 Å². The highest BCUT2D eigenvalue weighted by molar-refractivity contribution is 5.80. The lowest BCUT2D eigenvalue weighted by atomic mass is 9.78. The molecule has 1 aromatic rings. The molecule has 1 saturated heterocycles. The zero-order valence-corrected chi connectivity index (χ0v) is 12.2. The number of ether oxygens (including phenoxy) is 2. The molecule has 1 aromatic carbocycles. The molecule has 0 bridgehead atoms. The molecule has 0 spiro atoms. The van der Waals surface area contributed by atoms with Crippen molar-refractivity contribution in [1.82, 2.24) is 0 Å². The summed E-state index contributed by atoms with van der Waals surface area (Å²) in [6, 6.07) is 9.18. The molecule has 1 fully saturated rings. The molecule has 0 amide bonds. The van der Waals surface area contributed by atoms with Crippen molar-refractivity contribution in [3.05, 3.63) is 35.9 Å². The van der Waals surface area contributed by atoms with Gasteiger partial charge in [0.1, 0.15) is 0 Å². The van der Waals surface area contributed by atoms with E-state index in [9.17, 15) is 9.90 Å². The molecule has 20 heavy (non-hydrogen) atoms. The fourth-order valence-corrected chi connectivity index (χ4v) is 3.06. The lowest BCUT2D eigenvalue weighted by molar-refractivity contribution is -0.166. The summed E-state index contributed by atoms with van der Waals surface area (Å²) in [6.07, 6.45) is 0.563. The van der Waals surface area contributed by atoms with Crippen molar-refractivity contribution in [3.8, 4) is 0 Å². The van der Waals surface area contributed by atoms with E-state index in [4.69, 9.17) is 9.47 Å². The van der Waals surface area contributed by atoms with E-state index in [0.717, 1.165) is 0 Å².